The summed E-state index contributed by atoms with van der Waals surface area (Å²) >= 11 is 5.91. The number of methoxy groups -OCH3 is 1. The Balaban J connectivity index is 2.54. The molecule has 0 saturated carbocycles. The zero-order valence-corrected chi connectivity index (χ0v) is 16.2. The normalized spacial score (nSPS) is 12.2. The number of ether oxygens (including phenoxy) is 2. The topological polar surface area (TPSA) is 82.6 Å². The van der Waals surface area contributed by atoms with Gasteiger partial charge in [-0.25, -0.2) is 4.79 Å². The highest BCUT2D eigenvalue weighted by Gasteiger charge is 2.35. The molecule has 2 aromatic rings. The first kappa shape index (κ1) is 20.6. The molecular weight excluding hydrogens is 370 g/mol. The van der Waals surface area contributed by atoms with E-state index in [1.54, 1.807) is 45.0 Å². The SMILES string of the molecule is COC(=O)c1ccncc1C(=O)C(C(=O)OC(C)(C)C)c1ccc(Cl)cc1. The third kappa shape index (κ3) is 5.14. The van der Waals surface area contributed by atoms with Gasteiger partial charge >= 0.3 is 11.9 Å². The Kier molecular flexibility index (Phi) is 6.33. The average Bonchev–Trinajstić information content (AvgIpc) is 2.61. The van der Waals surface area contributed by atoms with Gasteiger partial charge in [0, 0.05) is 17.4 Å². The van der Waals surface area contributed by atoms with Gasteiger partial charge in [-0.05, 0) is 44.5 Å². The van der Waals surface area contributed by atoms with Crippen LogP contribution in [0.4, 0.5) is 0 Å². The Morgan fingerprint density at radius 1 is 1.04 bits per heavy atom. The summed E-state index contributed by atoms with van der Waals surface area (Å²) in [5.74, 6) is -3.30. The summed E-state index contributed by atoms with van der Waals surface area (Å²) in [6.07, 6.45) is 2.61. The molecule has 2 rings (SSSR count). The molecule has 7 heteroatoms. The van der Waals surface area contributed by atoms with E-state index >= 15 is 0 Å². The Morgan fingerprint density at radius 2 is 1.67 bits per heavy atom. The molecular formula is C20H20ClNO5. The third-order valence-corrected chi connectivity index (χ3v) is 3.85. The summed E-state index contributed by atoms with van der Waals surface area (Å²) in [5, 5.41) is 0.464. The van der Waals surface area contributed by atoms with Crippen LogP contribution in [0.15, 0.2) is 42.7 Å². The van der Waals surface area contributed by atoms with Crippen LogP contribution in [0.3, 0.4) is 0 Å². The monoisotopic (exact) mass is 389 g/mol. The molecule has 1 heterocycles. The van der Waals surface area contributed by atoms with Crippen molar-refractivity contribution in [3.05, 3.63) is 64.4 Å². The number of Topliss-reactive ketones (excluding diaryl/α,β-unsaturated/α-hetero) is 1. The Labute approximate surface area is 162 Å². The number of halogens is 1. The number of ketones is 1. The standard InChI is InChI=1S/C20H20ClNO5/c1-20(2,3)27-19(25)16(12-5-7-13(21)8-6-12)17(23)15-11-22-10-9-14(15)18(24)26-4/h5-11,16H,1-4H3. The number of esters is 2. The van der Waals surface area contributed by atoms with Crippen molar-refractivity contribution in [1.82, 2.24) is 4.98 Å². The number of nitrogens with zero attached hydrogens (tertiary/aromatic N) is 1. The van der Waals surface area contributed by atoms with Crippen LogP contribution in [0.1, 0.15) is 53.0 Å². The number of hydrogen-bond donors (Lipinski definition) is 0. The van der Waals surface area contributed by atoms with E-state index in [0.717, 1.165) is 0 Å². The van der Waals surface area contributed by atoms with E-state index in [-0.39, 0.29) is 11.1 Å². The quantitative estimate of drug-likeness (QED) is 0.439. The van der Waals surface area contributed by atoms with E-state index in [0.29, 0.717) is 10.6 Å². The van der Waals surface area contributed by atoms with Crippen molar-refractivity contribution >= 4 is 29.3 Å². The number of aromatic nitrogens is 1. The Bertz CT molecular complexity index is 855. The molecule has 142 valence electrons. The first-order valence-corrected chi connectivity index (χ1v) is 8.56. The van der Waals surface area contributed by atoms with E-state index in [1.807, 2.05) is 0 Å². The number of carbonyl (C=O) groups excluding carboxylic acids is 3. The Morgan fingerprint density at radius 3 is 2.22 bits per heavy atom. The van der Waals surface area contributed by atoms with Crippen LogP contribution in [-0.4, -0.2) is 35.4 Å². The van der Waals surface area contributed by atoms with Crippen LogP contribution < -0.4 is 0 Å². The highest BCUT2D eigenvalue weighted by molar-refractivity contribution is 6.30. The van der Waals surface area contributed by atoms with Crippen molar-refractivity contribution in [3.8, 4) is 0 Å². The molecule has 1 aromatic heterocycles. The Hall–Kier alpha value is -2.73. The summed E-state index contributed by atoms with van der Waals surface area (Å²) in [4.78, 5) is 41.9. The van der Waals surface area contributed by atoms with Crippen LogP contribution in [0.25, 0.3) is 0 Å². The number of hydrogen-bond acceptors (Lipinski definition) is 6. The molecule has 0 amide bonds. The highest BCUT2D eigenvalue weighted by atomic mass is 35.5. The van der Waals surface area contributed by atoms with Crippen LogP contribution >= 0.6 is 11.6 Å². The van der Waals surface area contributed by atoms with Gasteiger partial charge in [0.05, 0.1) is 18.2 Å². The molecule has 0 spiro atoms. The van der Waals surface area contributed by atoms with E-state index in [9.17, 15) is 14.4 Å². The molecule has 0 fully saturated rings. The molecule has 0 bridgehead atoms. The maximum atomic E-state index is 13.2. The minimum Gasteiger partial charge on any atom is -0.465 e. The summed E-state index contributed by atoms with van der Waals surface area (Å²) < 4.78 is 10.1. The second kappa shape index (κ2) is 8.31. The fourth-order valence-corrected chi connectivity index (χ4v) is 2.57. The lowest BCUT2D eigenvalue weighted by Crippen LogP contribution is -2.32. The molecule has 0 aliphatic carbocycles. The zero-order chi connectivity index (χ0) is 20.2. The number of rotatable bonds is 5. The summed E-state index contributed by atoms with van der Waals surface area (Å²) in [6, 6.07) is 7.66. The van der Waals surface area contributed by atoms with Gasteiger partial charge in [-0.15, -0.1) is 0 Å². The molecule has 0 N–H and O–H groups in total. The first-order chi connectivity index (χ1) is 12.6. The second-order valence-electron chi connectivity index (χ2n) is 6.80. The van der Waals surface area contributed by atoms with Gasteiger partial charge in [-0.1, -0.05) is 23.7 Å². The minimum absolute atomic E-state index is 0.0184. The van der Waals surface area contributed by atoms with Crippen LogP contribution in [0, 0.1) is 0 Å². The molecule has 1 aromatic carbocycles. The predicted octanol–water partition coefficient (Wildman–Crippen LogP) is 3.83. The first-order valence-electron chi connectivity index (χ1n) is 8.19. The fraction of sp³-hybridized carbons (Fsp3) is 0.300. The van der Waals surface area contributed by atoms with Crippen LogP contribution in [0.5, 0.6) is 0 Å². The van der Waals surface area contributed by atoms with Gasteiger partial charge in [0.1, 0.15) is 11.5 Å². The lowest BCUT2D eigenvalue weighted by atomic mass is 9.89. The molecule has 0 radical (unpaired) electrons. The largest absolute Gasteiger partial charge is 0.465 e. The summed E-state index contributed by atoms with van der Waals surface area (Å²) in [7, 11) is 1.21. The number of benzene rings is 1. The van der Waals surface area contributed by atoms with Crippen molar-refractivity contribution in [2.75, 3.05) is 7.11 Å². The molecule has 0 aliphatic rings. The van der Waals surface area contributed by atoms with Crippen molar-refractivity contribution in [1.29, 1.82) is 0 Å². The number of carbonyl (C=O) groups is 3. The minimum atomic E-state index is -1.27. The van der Waals surface area contributed by atoms with Gasteiger partial charge in [0.15, 0.2) is 5.78 Å². The lowest BCUT2D eigenvalue weighted by Gasteiger charge is -2.24. The molecule has 6 nitrogen and oxygen atoms in total. The molecule has 0 saturated heterocycles. The summed E-state index contributed by atoms with van der Waals surface area (Å²) in [6.45, 7) is 5.12. The third-order valence-electron chi connectivity index (χ3n) is 3.60. The predicted molar refractivity (Wildman–Crippen MR) is 99.9 cm³/mol. The molecule has 1 atom stereocenters. The molecule has 0 aliphatic heterocycles. The van der Waals surface area contributed by atoms with Crippen LogP contribution in [-0.2, 0) is 14.3 Å². The molecule has 1 unspecified atom stereocenters. The van der Waals surface area contributed by atoms with Crippen molar-refractivity contribution in [3.63, 3.8) is 0 Å². The van der Waals surface area contributed by atoms with Gasteiger partial charge in [0.25, 0.3) is 0 Å². The van der Waals surface area contributed by atoms with Crippen molar-refractivity contribution in [2.24, 2.45) is 0 Å². The van der Waals surface area contributed by atoms with Gasteiger partial charge in [0.2, 0.25) is 0 Å². The van der Waals surface area contributed by atoms with E-state index < -0.39 is 29.2 Å². The average molecular weight is 390 g/mol. The lowest BCUT2D eigenvalue weighted by molar-refractivity contribution is -0.155. The second-order valence-corrected chi connectivity index (χ2v) is 7.23. The van der Waals surface area contributed by atoms with Crippen LogP contribution in [0.2, 0.25) is 5.02 Å². The fourth-order valence-electron chi connectivity index (χ4n) is 2.44. The van der Waals surface area contributed by atoms with Crippen molar-refractivity contribution < 1.29 is 23.9 Å². The van der Waals surface area contributed by atoms with Gasteiger partial charge < -0.3 is 9.47 Å². The highest BCUT2D eigenvalue weighted by Crippen LogP contribution is 2.27. The van der Waals surface area contributed by atoms with E-state index in [2.05, 4.69) is 4.98 Å². The van der Waals surface area contributed by atoms with E-state index in [1.165, 1.54) is 25.6 Å². The van der Waals surface area contributed by atoms with Crippen molar-refractivity contribution in [2.45, 2.75) is 32.3 Å². The van der Waals surface area contributed by atoms with E-state index in [4.69, 9.17) is 21.1 Å². The van der Waals surface area contributed by atoms with Gasteiger partial charge in [-0.3, -0.25) is 14.6 Å². The maximum Gasteiger partial charge on any atom is 0.338 e. The van der Waals surface area contributed by atoms with Gasteiger partial charge in [-0.2, -0.15) is 0 Å². The zero-order valence-electron chi connectivity index (χ0n) is 15.5. The smallest absolute Gasteiger partial charge is 0.338 e. The maximum absolute atomic E-state index is 13.2. The number of pyridine rings is 1. The summed E-state index contributed by atoms with van der Waals surface area (Å²) in [5.41, 5.74) is -0.379. The molecule has 27 heavy (non-hydrogen) atoms.